The minimum absolute atomic E-state index is 0.196. The van der Waals surface area contributed by atoms with Gasteiger partial charge in [0.15, 0.2) is 0 Å². The van der Waals surface area contributed by atoms with E-state index in [1.807, 2.05) is 6.92 Å². The molecule has 0 saturated heterocycles. The molecule has 10 nitrogen and oxygen atoms in total. The van der Waals surface area contributed by atoms with E-state index in [9.17, 15) is 5.11 Å². The first-order chi connectivity index (χ1) is 28.5. The van der Waals surface area contributed by atoms with E-state index in [1.54, 1.807) is 27.7 Å². The van der Waals surface area contributed by atoms with Gasteiger partial charge in [-0.1, -0.05) is 13.8 Å². The molecule has 0 aliphatic heterocycles. The second-order valence-corrected chi connectivity index (χ2v) is 26.9. The quantitative estimate of drug-likeness (QED) is 0.108. The van der Waals surface area contributed by atoms with E-state index in [4.69, 9.17) is 18.4 Å². The van der Waals surface area contributed by atoms with Crippen molar-refractivity contribution in [1.82, 2.24) is 0 Å². The van der Waals surface area contributed by atoms with Crippen molar-refractivity contribution >= 4 is 28.0 Å². The van der Waals surface area contributed by atoms with Gasteiger partial charge >= 0.3 is 17.9 Å². The van der Waals surface area contributed by atoms with Gasteiger partial charge in [-0.05, 0) is 223 Å². The Kier molecular flexibility index (Phi) is 9.84. The maximum atomic E-state index is 16.1. The van der Waals surface area contributed by atoms with Gasteiger partial charge in [-0.2, -0.15) is 8.42 Å². The summed E-state index contributed by atoms with van der Waals surface area (Å²) in [4.78, 5) is 46.6. The summed E-state index contributed by atoms with van der Waals surface area (Å²) in [5.74, 6) is -0.436. The van der Waals surface area contributed by atoms with E-state index in [2.05, 4.69) is 6.92 Å². The molecular formula is C50H76O10S. The van der Waals surface area contributed by atoms with Gasteiger partial charge in [0.05, 0.1) is 22.5 Å². The Labute approximate surface area is 365 Å². The van der Waals surface area contributed by atoms with Gasteiger partial charge in [0.25, 0.3) is 10.1 Å². The molecule has 0 aromatic rings. The van der Waals surface area contributed by atoms with Crippen LogP contribution < -0.4 is 0 Å². The third-order valence-corrected chi connectivity index (χ3v) is 23.3. The summed E-state index contributed by atoms with van der Waals surface area (Å²) in [6.07, 6.45) is 17.8. The van der Waals surface area contributed by atoms with E-state index in [0.717, 1.165) is 64.2 Å². The molecule has 11 heteroatoms. The number of carbonyl (C=O) groups is 3. The molecule has 13 fully saturated rings. The molecule has 13 aliphatic carbocycles. The van der Waals surface area contributed by atoms with Crippen molar-refractivity contribution < 1.29 is 46.3 Å². The van der Waals surface area contributed by atoms with Gasteiger partial charge in [0.1, 0.15) is 27.0 Å². The minimum atomic E-state index is -4.91. The molecule has 12 bridgehead atoms. The molecule has 342 valence electrons. The summed E-state index contributed by atoms with van der Waals surface area (Å²) in [5.41, 5.74) is -8.37. The van der Waals surface area contributed by atoms with Crippen LogP contribution in [0.4, 0.5) is 0 Å². The molecular weight excluding hydrogens is 793 g/mol. The van der Waals surface area contributed by atoms with Crippen LogP contribution in [-0.4, -0.2) is 64.2 Å². The van der Waals surface area contributed by atoms with Gasteiger partial charge in [-0.15, -0.1) is 0 Å². The molecule has 0 aromatic heterocycles. The fourth-order valence-electron chi connectivity index (χ4n) is 17.9. The van der Waals surface area contributed by atoms with Crippen LogP contribution in [0.1, 0.15) is 190 Å². The van der Waals surface area contributed by atoms with Crippen molar-refractivity contribution in [2.75, 3.05) is 0 Å². The van der Waals surface area contributed by atoms with Gasteiger partial charge in [-0.25, -0.2) is 0 Å². The van der Waals surface area contributed by atoms with E-state index < -0.39 is 77.5 Å². The highest BCUT2D eigenvalue weighted by Gasteiger charge is 2.75. The normalized spacial score (nSPS) is 46.2. The summed E-state index contributed by atoms with van der Waals surface area (Å²) in [7, 11) is -4.91. The van der Waals surface area contributed by atoms with Crippen molar-refractivity contribution in [1.29, 1.82) is 0 Å². The average Bonchev–Trinajstić information content (AvgIpc) is 3.62. The SMILES string of the molecule is CCC1(OC(=O)C(C)(C(C)(C)C(=O)OC2(C)C3CC4CC(C3)CC2C4)C(C)(C(C)C(=O)OC23CC4CC(CC(O)(C4)C2)C3)S(=O)(=O)OC23CC4CC(CC(C4)C2)C3)CCCC1. The van der Waals surface area contributed by atoms with Crippen molar-refractivity contribution in [3.05, 3.63) is 0 Å². The molecule has 0 radical (unpaired) electrons. The maximum Gasteiger partial charge on any atom is 0.315 e. The third-order valence-electron chi connectivity index (χ3n) is 21.0. The molecule has 61 heavy (non-hydrogen) atoms. The molecule has 5 atom stereocenters. The average molecular weight is 869 g/mol. The fourth-order valence-corrected chi connectivity index (χ4v) is 20.1. The molecule has 0 heterocycles. The third kappa shape index (κ3) is 6.44. The number of rotatable bonds is 13. The molecule has 0 aromatic carbocycles. The Morgan fingerprint density at radius 2 is 1.13 bits per heavy atom. The number of carbonyl (C=O) groups excluding carboxylic acids is 3. The Morgan fingerprint density at radius 3 is 1.62 bits per heavy atom. The van der Waals surface area contributed by atoms with Gasteiger partial charge < -0.3 is 19.3 Å². The van der Waals surface area contributed by atoms with Crippen LogP contribution in [0, 0.1) is 70.0 Å². The zero-order chi connectivity index (χ0) is 43.4. The predicted molar refractivity (Wildman–Crippen MR) is 228 cm³/mol. The van der Waals surface area contributed by atoms with Crippen LogP contribution in [0.2, 0.25) is 0 Å². The van der Waals surface area contributed by atoms with Gasteiger partial charge in [-0.3, -0.25) is 18.6 Å². The lowest BCUT2D eigenvalue weighted by Gasteiger charge is -2.61. The van der Waals surface area contributed by atoms with Crippen LogP contribution in [0.3, 0.4) is 0 Å². The first-order valence-corrected chi connectivity index (χ1v) is 26.3. The summed E-state index contributed by atoms with van der Waals surface area (Å²) in [6, 6.07) is 0. The zero-order valence-corrected chi connectivity index (χ0v) is 39.2. The lowest BCUT2D eigenvalue weighted by molar-refractivity contribution is -0.228. The Balaban J connectivity index is 1.08. The van der Waals surface area contributed by atoms with E-state index in [0.29, 0.717) is 100 Å². The standard InChI is InChI=1S/C50H76O10S/c1-8-48(11-9-10-12-48)59-42(53)45(6,43(3,4)41(52)58-44(5)38-18-31-13-32(20-38)21-39(44)19-31)46(7,61(55,56)60-49-24-33-14-34(25-49)16-35(15-33)26-49)30(2)40(51)57-50-27-36-17-37(28-50)23-47(54,22-36)29-50/h30-39,54H,8-29H2,1-7H3. The Bertz CT molecular complexity index is 1850. The lowest BCUT2D eigenvalue weighted by atomic mass is 9.50. The molecule has 0 spiro atoms. The van der Waals surface area contributed by atoms with Gasteiger partial charge in [0.2, 0.25) is 0 Å². The smallest absolute Gasteiger partial charge is 0.315 e. The summed E-state index contributed by atoms with van der Waals surface area (Å²) in [5, 5.41) is 11.7. The van der Waals surface area contributed by atoms with Crippen molar-refractivity contribution in [3.63, 3.8) is 0 Å². The van der Waals surface area contributed by atoms with Crippen molar-refractivity contribution in [3.8, 4) is 0 Å². The fraction of sp³-hybridized carbons (Fsp3) is 0.940. The molecule has 5 unspecified atom stereocenters. The molecule has 13 aliphatic rings. The van der Waals surface area contributed by atoms with Crippen LogP contribution in [-0.2, 0) is 42.9 Å². The monoisotopic (exact) mass is 869 g/mol. The topological polar surface area (TPSA) is 142 Å². The molecule has 1 N–H and O–H groups in total. The second-order valence-electron chi connectivity index (χ2n) is 25.0. The highest BCUT2D eigenvalue weighted by molar-refractivity contribution is 7.88. The first kappa shape index (κ1) is 43.2. The summed E-state index contributed by atoms with van der Waals surface area (Å²) < 4.78 is 56.9. The summed E-state index contributed by atoms with van der Waals surface area (Å²) in [6.45, 7) is 12.0. The number of esters is 3. The van der Waals surface area contributed by atoms with Crippen LogP contribution in [0.25, 0.3) is 0 Å². The van der Waals surface area contributed by atoms with Gasteiger partial charge in [0, 0.05) is 6.42 Å². The largest absolute Gasteiger partial charge is 0.459 e. The molecule has 13 rings (SSSR count). The van der Waals surface area contributed by atoms with E-state index in [1.165, 1.54) is 13.3 Å². The van der Waals surface area contributed by atoms with Crippen molar-refractivity contribution in [2.24, 2.45) is 70.0 Å². The van der Waals surface area contributed by atoms with Crippen LogP contribution in [0.15, 0.2) is 0 Å². The van der Waals surface area contributed by atoms with Crippen molar-refractivity contribution in [2.45, 2.75) is 222 Å². The lowest BCUT2D eigenvalue weighted by Crippen LogP contribution is -2.70. The first-order valence-electron chi connectivity index (χ1n) is 24.9. The number of aliphatic hydroxyl groups is 1. The summed E-state index contributed by atoms with van der Waals surface area (Å²) >= 11 is 0. The Hall–Kier alpha value is -1.72. The van der Waals surface area contributed by atoms with Crippen LogP contribution >= 0.6 is 0 Å². The zero-order valence-electron chi connectivity index (χ0n) is 38.4. The van der Waals surface area contributed by atoms with Crippen LogP contribution in [0.5, 0.6) is 0 Å². The maximum absolute atomic E-state index is 16.1. The Morgan fingerprint density at radius 1 is 0.656 bits per heavy atom. The number of ether oxygens (including phenoxy) is 3. The second kappa shape index (κ2) is 13.9. The minimum Gasteiger partial charge on any atom is -0.459 e. The number of hydrogen-bond donors (Lipinski definition) is 1. The predicted octanol–water partition coefficient (Wildman–Crippen LogP) is 9.38. The van der Waals surface area contributed by atoms with E-state index >= 15 is 22.8 Å². The molecule has 0 amide bonds. The number of hydrogen-bond acceptors (Lipinski definition) is 10. The molecule has 13 saturated carbocycles. The highest BCUT2D eigenvalue weighted by Crippen LogP contribution is 2.65. The highest BCUT2D eigenvalue weighted by atomic mass is 32.2. The van der Waals surface area contributed by atoms with E-state index in [-0.39, 0.29) is 23.7 Å².